The fraction of sp³-hybridized carbons (Fsp3) is 0.115. The Morgan fingerprint density at radius 2 is 1.73 bits per heavy atom. The second kappa shape index (κ2) is 12.1. The molecule has 11 heteroatoms. The Morgan fingerprint density at radius 1 is 1.03 bits per heavy atom. The first-order chi connectivity index (χ1) is 17.7. The molecule has 0 atom stereocenters. The van der Waals surface area contributed by atoms with Crippen molar-refractivity contribution in [2.75, 3.05) is 6.61 Å². The molecule has 0 saturated carbocycles. The lowest BCUT2D eigenvalue weighted by molar-refractivity contribution is -0.123. The normalized spacial score (nSPS) is 14.4. The van der Waals surface area contributed by atoms with Crippen molar-refractivity contribution in [2.24, 2.45) is 0 Å². The molecule has 190 valence electrons. The molecule has 3 aromatic carbocycles. The number of esters is 1. The fourth-order valence-corrected chi connectivity index (χ4v) is 5.55. The minimum atomic E-state index is -0.565. The predicted molar refractivity (Wildman–Crippen MR) is 155 cm³/mol. The minimum Gasteiger partial charge on any atom is -0.490 e. The average Bonchev–Trinajstić information content (AvgIpc) is 3.10. The number of hydrogen-bond donors (Lipinski definition) is 0. The van der Waals surface area contributed by atoms with E-state index in [1.54, 1.807) is 67.6 Å². The lowest BCUT2D eigenvalue weighted by atomic mass is 10.1. The van der Waals surface area contributed by atoms with E-state index in [1.165, 1.54) is 0 Å². The van der Waals surface area contributed by atoms with E-state index < -0.39 is 17.1 Å². The molecule has 0 spiro atoms. The number of hydrogen-bond acceptors (Lipinski definition) is 6. The third kappa shape index (κ3) is 6.61. The molecule has 0 radical (unpaired) electrons. The van der Waals surface area contributed by atoms with E-state index in [4.69, 9.17) is 44.3 Å². The molecule has 37 heavy (non-hydrogen) atoms. The molecule has 1 fully saturated rings. The van der Waals surface area contributed by atoms with E-state index in [0.29, 0.717) is 47.7 Å². The molecule has 1 heterocycles. The lowest BCUT2D eigenvalue weighted by Gasteiger charge is -2.14. The monoisotopic (exact) mass is 687 g/mol. The van der Waals surface area contributed by atoms with Gasteiger partial charge in [0.2, 0.25) is 0 Å². The summed E-state index contributed by atoms with van der Waals surface area (Å²) in [4.78, 5) is 39.7. The fourth-order valence-electron chi connectivity index (χ4n) is 3.38. The van der Waals surface area contributed by atoms with Crippen molar-refractivity contribution in [2.45, 2.75) is 13.5 Å². The number of carbonyl (C=O) groups is 3. The highest BCUT2D eigenvalue weighted by Crippen LogP contribution is 2.38. The average molecular weight is 689 g/mol. The van der Waals surface area contributed by atoms with Crippen LogP contribution < -0.4 is 9.47 Å². The lowest BCUT2D eigenvalue weighted by Crippen LogP contribution is -2.27. The van der Waals surface area contributed by atoms with Gasteiger partial charge in [0.05, 0.1) is 27.2 Å². The van der Waals surface area contributed by atoms with Crippen LogP contribution in [0.4, 0.5) is 4.79 Å². The Hall–Kier alpha value is -2.24. The predicted octanol–water partition coefficient (Wildman–Crippen LogP) is 8.11. The third-order valence-electron chi connectivity index (χ3n) is 5.12. The van der Waals surface area contributed by atoms with Gasteiger partial charge in [-0.25, -0.2) is 4.79 Å². The van der Waals surface area contributed by atoms with Crippen molar-refractivity contribution >= 4 is 92.3 Å². The Labute approximate surface area is 246 Å². The molecule has 0 bridgehead atoms. The van der Waals surface area contributed by atoms with Crippen molar-refractivity contribution in [3.05, 3.63) is 94.8 Å². The zero-order chi connectivity index (χ0) is 26.7. The van der Waals surface area contributed by atoms with E-state index >= 15 is 0 Å². The number of imide groups is 1. The minimum absolute atomic E-state index is 0.0271. The molecule has 0 unspecified atom stereocenters. The SMILES string of the molecule is CCOc1cc(/C=C2\SC(=O)N(Cc3ccc(Cl)cc3Cl)C2=O)cc(I)c1OC(=O)c1ccc(Cl)cc1. The van der Waals surface area contributed by atoms with Gasteiger partial charge in [-0.15, -0.1) is 0 Å². The first-order valence-electron chi connectivity index (χ1n) is 10.8. The number of rotatable bonds is 7. The first kappa shape index (κ1) is 27.8. The van der Waals surface area contributed by atoms with Crippen molar-refractivity contribution in [1.82, 2.24) is 4.90 Å². The van der Waals surface area contributed by atoms with Gasteiger partial charge < -0.3 is 9.47 Å². The van der Waals surface area contributed by atoms with Crippen LogP contribution in [-0.2, 0) is 11.3 Å². The van der Waals surface area contributed by atoms with E-state index in [0.717, 1.165) is 16.7 Å². The van der Waals surface area contributed by atoms with Crippen LogP contribution in [0.3, 0.4) is 0 Å². The summed E-state index contributed by atoms with van der Waals surface area (Å²) in [5.74, 6) is -0.419. The Bertz CT molecular complexity index is 1430. The van der Waals surface area contributed by atoms with Gasteiger partial charge in [-0.2, -0.15) is 0 Å². The number of halogens is 4. The summed E-state index contributed by atoms with van der Waals surface area (Å²) in [6.45, 7) is 2.15. The van der Waals surface area contributed by atoms with Crippen LogP contribution in [0.1, 0.15) is 28.4 Å². The highest BCUT2D eigenvalue weighted by atomic mass is 127. The van der Waals surface area contributed by atoms with Crippen molar-refractivity contribution < 1.29 is 23.9 Å². The summed E-state index contributed by atoms with van der Waals surface area (Å²) in [6.07, 6.45) is 1.60. The highest BCUT2D eigenvalue weighted by Gasteiger charge is 2.35. The highest BCUT2D eigenvalue weighted by molar-refractivity contribution is 14.1. The van der Waals surface area contributed by atoms with E-state index in [-0.39, 0.29) is 17.2 Å². The van der Waals surface area contributed by atoms with Crippen LogP contribution >= 0.6 is 69.2 Å². The van der Waals surface area contributed by atoms with Crippen LogP contribution in [0.2, 0.25) is 15.1 Å². The molecule has 1 aliphatic heterocycles. The summed E-state index contributed by atoms with van der Waals surface area (Å²) >= 11 is 20.9. The zero-order valence-corrected chi connectivity index (χ0v) is 24.3. The number of nitrogens with zero attached hydrogens (tertiary/aromatic N) is 1. The summed E-state index contributed by atoms with van der Waals surface area (Å²) in [7, 11) is 0. The summed E-state index contributed by atoms with van der Waals surface area (Å²) < 4.78 is 11.9. The molecule has 4 rings (SSSR count). The summed E-state index contributed by atoms with van der Waals surface area (Å²) in [5, 5.41) is 0.932. The summed E-state index contributed by atoms with van der Waals surface area (Å²) in [6, 6.07) is 14.6. The van der Waals surface area contributed by atoms with Crippen LogP contribution in [0.15, 0.2) is 59.5 Å². The standard InChI is InChI=1S/C26H17Cl3INO5S/c1-2-35-21-10-14(9-20(30)23(21)36-25(33)15-3-6-17(27)7-4-15)11-22-24(32)31(26(34)37-22)13-16-5-8-18(28)12-19(16)29/h3-12H,2,13H2,1H3/b22-11-. The van der Waals surface area contributed by atoms with E-state index in [1.807, 2.05) is 22.6 Å². The Balaban J connectivity index is 1.58. The number of ether oxygens (including phenoxy) is 2. The van der Waals surface area contributed by atoms with Crippen LogP contribution in [0.25, 0.3) is 6.08 Å². The van der Waals surface area contributed by atoms with E-state index in [9.17, 15) is 14.4 Å². The van der Waals surface area contributed by atoms with Gasteiger partial charge in [-0.3, -0.25) is 14.5 Å². The van der Waals surface area contributed by atoms with Gasteiger partial charge >= 0.3 is 5.97 Å². The maximum Gasteiger partial charge on any atom is 0.343 e. The van der Waals surface area contributed by atoms with Gasteiger partial charge in [-0.1, -0.05) is 40.9 Å². The van der Waals surface area contributed by atoms with Crippen molar-refractivity contribution in [3.63, 3.8) is 0 Å². The van der Waals surface area contributed by atoms with Gasteiger partial charge in [0, 0.05) is 15.1 Å². The molecular formula is C26H17Cl3INO5S. The smallest absolute Gasteiger partial charge is 0.343 e. The second-order valence-corrected chi connectivity index (χ2v) is 11.1. The van der Waals surface area contributed by atoms with Gasteiger partial charge in [-0.05, 0) is 107 Å². The van der Waals surface area contributed by atoms with Gasteiger partial charge in [0.1, 0.15) is 0 Å². The molecule has 3 aromatic rings. The molecule has 0 aliphatic carbocycles. The number of benzene rings is 3. The summed E-state index contributed by atoms with van der Waals surface area (Å²) in [5.41, 5.74) is 1.55. The van der Waals surface area contributed by atoms with Crippen LogP contribution in [0, 0.1) is 3.57 Å². The quantitative estimate of drug-likeness (QED) is 0.108. The van der Waals surface area contributed by atoms with Gasteiger partial charge in [0.25, 0.3) is 11.1 Å². The number of thioether (sulfide) groups is 1. The molecule has 2 amide bonds. The number of amides is 2. The molecule has 6 nitrogen and oxygen atoms in total. The third-order valence-corrected chi connectivity index (χ3v) is 7.67. The van der Waals surface area contributed by atoms with E-state index in [2.05, 4.69) is 0 Å². The first-order valence-corrected chi connectivity index (χ1v) is 13.8. The zero-order valence-electron chi connectivity index (χ0n) is 19.1. The number of carbonyl (C=O) groups excluding carboxylic acids is 3. The van der Waals surface area contributed by atoms with Crippen LogP contribution in [-0.4, -0.2) is 28.6 Å². The van der Waals surface area contributed by atoms with Crippen LogP contribution in [0.5, 0.6) is 11.5 Å². The molecule has 0 N–H and O–H groups in total. The second-order valence-electron chi connectivity index (χ2n) is 7.66. The van der Waals surface area contributed by atoms with Gasteiger partial charge in [0.15, 0.2) is 11.5 Å². The molecule has 1 saturated heterocycles. The molecule has 0 aromatic heterocycles. The maximum absolute atomic E-state index is 13.0. The maximum atomic E-state index is 13.0. The molecule has 1 aliphatic rings. The van der Waals surface area contributed by atoms with Crippen molar-refractivity contribution in [1.29, 1.82) is 0 Å². The molecular weight excluding hydrogens is 672 g/mol. The Kier molecular flexibility index (Phi) is 9.07. The van der Waals surface area contributed by atoms with Crippen molar-refractivity contribution in [3.8, 4) is 11.5 Å². The topological polar surface area (TPSA) is 72.9 Å². The largest absolute Gasteiger partial charge is 0.490 e. The Morgan fingerprint density at radius 3 is 2.41 bits per heavy atom.